The van der Waals surface area contributed by atoms with E-state index in [-0.39, 0.29) is 5.82 Å². The molecule has 3 nitrogen and oxygen atoms in total. The van der Waals surface area contributed by atoms with Crippen molar-refractivity contribution in [3.05, 3.63) is 52.3 Å². The normalized spacial score (nSPS) is 13.9. The molecule has 1 heterocycles. The van der Waals surface area contributed by atoms with Crippen LogP contribution < -0.4 is 15.0 Å². The first-order chi connectivity index (χ1) is 11.1. The molecular formula is C18H20ClFN2O. The Morgan fingerprint density at radius 1 is 1.30 bits per heavy atom. The molecule has 1 aliphatic heterocycles. The van der Waals surface area contributed by atoms with Crippen LogP contribution in [0.4, 0.5) is 15.8 Å². The molecule has 0 spiro atoms. The van der Waals surface area contributed by atoms with Crippen LogP contribution in [-0.2, 0) is 13.0 Å². The number of aryl methyl sites for hydroxylation is 1. The number of hydrogen-bond acceptors (Lipinski definition) is 3. The smallest absolute Gasteiger partial charge is 0.142 e. The summed E-state index contributed by atoms with van der Waals surface area (Å²) >= 11 is 6.41. The fourth-order valence-electron chi connectivity index (χ4n) is 2.87. The van der Waals surface area contributed by atoms with Gasteiger partial charge in [-0.2, -0.15) is 0 Å². The highest BCUT2D eigenvalue weighted by molar-refractivity contribution is 6.32. The zero-order valence-electron chi connectivity index (χ0n) is 13.3. The standard InChI is InChI=1S/C18H20ClFN2O/c1-3-12-8-14(20)4-5-17(12)22(2)15-9-13-11-21-6-7-23-18(13)16(19)10-15/h4-5,8-10,21H,3,6-7,11H2,1-2H3. The number of ether oxygens (including phenoxy) is 1. The first kappa shape index (κ1) is 16.1. The monoisotopic (exact) mass is 334 g/mol. The van der Waals surface area contributed by atoms with E-state index in [9.17, 15) is 4.39 Å². The molecule has 1 aliphatic rings. The van der Waals surface area contributed by atoms with Gasteiger partial charge in [0.25, 0.3) is 0 Å². The second-order valence-corrected chi connectivity index (χ2v) is 6.03. The predicted octanol–water partition coefficient (Wildman–Crippen LogP) is 4.29. The summed E-state index contributed by atoms with van der Waals surface area (Å²) in [6, 6.07) is 8.85. The molecule has 3 rings (SSSR count). The lowest BCUT2D eigenvalue weighted by molar-refractivity contribution is 0.326. The van der Waals surface area contributed by atoms with Gasteiger partial charge >= 0.3 is 0 Å². The third-order valence-electron chi connectivity index (χ3n) is 4.12. The van der Waals surface area contributed by atoms with Gasteiger partial charge in [-0.1, -0.05) is 18.5 Å². The number of nitrogens with one attached hydrogen (secondary N) is 1. The van der Waals surface area contributed by atoms with Gasteiger partial charge in [-0.05, 0) is 42.3 Å². The van der Waals surface area contributed by atoms with E-state index in [4.69, 9.17) is 16.3 Å². The van der Waals surface area contributed by atoms with Crippen molar-refractivity contribution in [2.45, 2.75) is 19.9 Å². The molecule has 0 aromatic heterocycles. The highest BCUT2D eigenvalue weighted by Gasteiger charge is 2.17. The van der Waals surface area contributed by atoms with Crippen LogP contribution in [0.15, 0.2) is 30.3 Å². The molecule has 0 aliphatic carbocycles. The summed E-state index contributed by atoms with van der Waals surface area (Å²) in [5.74, 6) is 0.542. The minimum atomic E-state index is -0.212. The van der Waals surface area contributed by atoms with Gasteiger partial charge in [-0.3, -0.25) is 0 Å². The maximum Gasteiger partial charge on any atom is 0.142 e. The van der Waals surface area contributed by atoms with Crippen molar-refractivity contribution in [2.24, 2.45) is 0 Å². The Labute approximate surface area is 141 Å². The van der Waals surface area contributed by atoms with Crippen LogP contribution in [0.1, 0.15) is 18.1 Å². The Morgan fingerprint density at radius 3 is 2.91 bits per heavy atom. The number of nitrogens with zero attached hydrogens (tertiary/aromatic N) is 1. The molecule has 0 saturated carbocycles. The highest BCUT2D eigenvalue weighted by atomic mass is 35.5. The van der Waals surface area contributed by atoms with Gasteiger partial charge < -0.3 is 15.0 Å². The Hall–Kier alpha value is -1.78. The Morgan fingerprint density at radius 2 is 2.13 bits per heavy atom. The molecule has 122 valence electrons. The van der Waals surface area contributed by atoms with E-state index in [1.54, 1.807) is 6.07 Å². The number of halogens is 2. The van der Waals surface area contributed by atoms with Crippen molar-refractivity contribution in [3.8, 4) is 5.75 Å². The summed E-state index contributed by atoms with van der Waals surface area (Å²) in [5.41, 5.74) is 3.94. The maximum absolute atomic E-state index is 13.5. The van der Waals surface area contributed by atoms with E-state index < -0.39 is 0 Å². The van der Waals surface area contributed by atoms with Crippen molar-refractivity contribution >= 4 is 23.0 Å². The highest BCUT2D eigenvalue weighted by Crippen LogP contribution is 2.37. The van der Waals surface area contributed by atoms with Crippen LogP contribution >= 0.6 is 11.6 Å². The molecule has 1 N–H and O–H groups in total. The van der Waals surface area contributed by atoms with E-state index in [0.29, 0.717) is 11.6 Å². The van der Waals surface area contributed by atoms with Crippen LogP contribution in [0.25, 0.3) is 0 Å². The Bertz CT molecular complexity index is 720. The summed E-state index contributed by atoms with van der Waals surface area (Å²) in [4.78, 5) is 2.04. The molecule has 0 saturated heterocycles. The minimum absolute atomic E-state index is 0.212. The summed E-state index contributed by atoms with van der Waals surface area (Å²) in [6.07, 6.45) is 0.765. The van der Waals surface area contributed by atoms with Gasteiger partial charge in [-0.15, -0.1) is 0 Å². The van der Waals surface area contributed by atoms with E-state index in [2.05, 4.69) is 11.4 Å². The molecule has 0 bridgehead atoms. The van der Waals surface area contributed by atoms with Crippen LogP contribution in [0.5, 0.6) is 5.75 Å². The van der Waals surface area contributed by atoms with Gasteiger partial charge in [0.15, 0.2) is 0 Å². The van der Waals surface area contributed by atoms with Crippen molar-refractivity contribution in [1.82, 2.24) is 5.32 Å². The number of rotatable bonds is 3. The van der Waals surface area contributed by atoms with Gasteiger partial charge in [0.1, 0.15) is 18.2 Å². The summed E-state index contributed by atoms with van der Waals surface area (Å²) in [5, 5.41) is 3.92. The van der Waals surface area contributed by atoms with Crippen molar-refractivity contribution in [3.63, 3.8) is 0 Å². The molecule has 2 aromatic rings. The van der Waals surface area contributed by atoms with Gasteiger partial charge in [0.2, 0.25) is 0 Å². The molecular weight excluding hydrogens is 315 g/mol. The second-order valence-electron chi connectivity index (χ2n) is 5.63. The first-order valence-corrected chi connectivity index (χ1v) is 8.16. The zero-order valence-corrected chi connectivity index (χ0v) is 14.1. The molecule has 23 heavy (non-hydrogen) atoms. The zero-order chi connectivity index (χ0) is 16.4. The average Bonchev–Trinajstić information content (AvgIpc) is 2.79. The minimum Gasteiger partial charge on any atom is -0.490 e. The number of benzene rings is 2. The number of hydrogen-bond donors (Lipinski definition) is 1. The lowest BCUT2D eigenvalue weighted by Gasteiger charge is -2.24. The Balaban J connectivity index is 2.01. The van der Waals surface area contributed by atoms with E-state index >= 15 is 0 Å². The largest absolute Gasteiger partial charge is 0.490 e. The average molecular weight is 335 g/mol. The van der Waals surface area contributed by atoms with E-state index in [0.717, 1.165) is 47.8 Å². The van der Waals surface area contributed by atoms with Crippen molar-refractivity contribution < 1.29 is 9.13 Å². The van der Waals surface area contributed by atoms with E-state index in [1.165, 1.54) is 6.07 Å². The van der Waals surface area contributed by atoms with Crippen LogP contribution in [0.2, 0.25) is 5.02 Å². The quantitative estimate of drug-likeness (QED) is 0.906. The lowest BCUT2D eigenvalue weighted by atomic mass is 10.1. The summed E-state index contributed by atoms with van der Waals surface area (Å²) in [7, 11) is 1.97. The van der Waals surface area contributed by atoms with Crippen molar-refractivity contribution in [2.75, 3.05) is 25.1 Å². The number of fused-ring (bicyclic) bond motifs is 1. The molecule has 0 atom stereocenters. The molecule has 5 heteroatoms. The lowest BCUT2D eigenvalue weighted by Crippen LogP contribution is -2.16. The van der Waals surface area contributed by atoms with Crippen LogP contribution in [0, 0.1) is 5.82 Å². The summed E-state index contributed by atoms with van der Waals surface area (Å²) < 4.78 is 19.2. The third kappa shape index (κ3) is 3.28. The van der Waals surface area contributed by atoms with E-state index in [1.807, 2.05) is 31.0 Å². The molecule has 2 aromatic carbocycles. The van der Waals surface area contributed by atoms with Gasteiger partial charge in [0, 0.05) is 37.1 Å². The molecule has 0 unspecified atom stereocenters. The Kier molecular flexibility index (Phi) is 4.74. The van der Waals surface area contributed by atoms with Crippen molar-refractivity contribution in [1.29, 1.82) is 0 Å². The molecule has 0 amide bonds. The third-order valence-corrected chi connectivity index (χ3v) is 4.40. The number of anilines is 2. The van der Waals surface area contributed by atoms with Gasteiger partial charge in [0.05, 0.1) is 5.02 Å². The van der Waals surface area contributed by atoms with Crippen LogP contribution in [0.3, 0.4) is 0 Å². The fourth-order valence-corrected chi connectivity index (χ4v) is 3.16. The second kappa shape index (κ2) is 6.77. The molecule has 0 radical (unpaired) electrons. The van der Waals surface area contributed by atoms with Crippen LogP contribution in [-0.4, -0.2) is 20.2 Å². The molecule has 0 fully saturated rings. The first-order valence-electron chi connectivity index (χ1n) is 7.78. The maximum atomic E-state index is 13.5. The summed E-state index contributed by atoms with van der Waals surface area (Å²) in [6.45, 7) is 4.16. The SMILES string of the molecule is CCc1cc(F)ccc1N(C)c1cc(Cl)c2c(c1)CNCCO2. The topological polar surface area (TPSA) is 24.5 Å². The predicted molar refractivity (Wildman–Crippen MR) is 92.5 cm³/mol. The van der Waals surface area contributed by atoms with Gasteiger partial charge in [-0.25, -0.2) is 4.39 Å². The fraction of sp³-hybridized carbons (Fsp3) is 0.333.